The van der Waals surface area contributed by atoms with Gasteiger partial charge in [-0.1, -0.05) is 116 Å². The standard InChI is InChI=1S/C54H38N4/c1-35-30-39(37-25-28-52-46(32-37)43-19-9-12-22-49(43)57(52)41-16-6-3-7-17-41)33-47-44-20-10-13-23-50(44)58(54(35)47)53-29-26-38(34-55-53)36-24-27-51-45(31-36)42-18-8-11-21-48(42)56(51)40-14-4-2-5-15-40/h2-35,54H,1H3. The first kappa shape index (κ1) is 32.8. The molecule has 274 valence electrons. The summed E-state index contributed by atoms with van der Waals surface area (Å²) >= 11 is 0. The smallest absolute Gasteiger partial charge is 0.133 e. The summed E-state index contributed by atoms with van der Waals surface area (Å²) < 4.78 is 4.74. The van der Waals surface area contributed by atoms with Gasteiger partial charge in [-0.05, 0) is 113 Å². The molecule has 0 fully saturated rings. The molecule has 0 saturated heterocycles. The largest absolute Gasteiger partial charge is 0.318 e. The number of hydrogen-bond acceptors (Lipinski definition) is 2. The lowest BCUT2D eigenvalue weighted by atomic mass is 9.83. The maximum absolute atomic E-state index is 5.19. The molecule has 2 unspecified atom stereocenters. The van der Waals surface area contributed by atoms with E-state index in [0.717, 1.165) is 16.9 Å². The van der Waals surface area contributed by atoms with Crippen LogP contribution in [0.5, 0.6) is 0 Å². The van der Waals surface area contributed by atoms with E-state index >= 15 is 0 Å². The molecule has 0 radical (unpaired) electrons. The molecule has 1 aliphatic heterocycles. The number of pyridine rings is 1. The third-order valence-electron chi connectivity index (χ3n) is 12.4. The summed E-state index contributed by atoms with van der Waals surface area (Å²) in [4.78, 5) is 7.65. The molecular formula is C54H38N4. The van der Waals surface area contributed by atoms with Crippen molar-refractivity contribution in [2.75, 3.05) is 4.90 Å². The second-order valence-corrected chi connectivity index (χ2v) is 15.7. The van der Waals surface area contributed by atoms with Gasteiger partial charge in [0.25, 0.3) is 0 Å². The van der Waals surface area contributed by atoms with Crippen LogP contribution < -0.4 is 4.90 Å². The third kappa shape index (κ3) is 4.91. The monoisotopic (exact) mass is 742 g/mol. The molecule has 0 amide bonds. The molecule has 1 aliphatic carbocycles. The minimum Gasteiger partial charge on any atom is -0.318 e. The van der Waals surface area contributed by atoms with Crippen molar-refractivity contribution < 1.29 is 0 Å². The Morgan fingerprint density at radius 1 is 0.466 bits per heavy atom. The highest BCUT2D eigenvalue weighted by Crippen LogP contribution is 2.50. The maximum atomic E-state index is 5.19. The van der Waals surface area contributed by atoms with Crippen molar-refractivity contribution in [1.82, 2.24) is 14.1 Å². The van der Waals surface area contributed by atoms with Crippen LogP contribution >= 0.6 is 0 Å². The molecule has 0 spiro atoms. The molecule has 4 heterocycles. The lowest BCUT2D eigenvalue weighted by Gasteiger charge is -2.33. The van der Waals surface area contributed by atoms with Crippen molar-refractivity contribution in [3.05, 3.63) is 211 Å². The molecule has 7 aromatic carbocycles. The number of benzene rings is 7. The quantitative estimate of drug-likeness (QED) is 0.175. The van der Waals surface area contributed by atoms with E-state index in [4.69, 9.17) is 4.98 Å². The van der Waals surface area contributed by atoms with Gasteiger partial charge in [0.1, 0.15) is 5.82 Å². The summed E-state index contributed by atoms with van der Waals surface area (Å²) in [5.41, 5.74) is 15.8. The summed E-state index contributed by atoms with van der Waals surface area (Å²) in [5, 5.41) is 5.02. The topological polar surface area (TPSA) is 26.0 Å². The van der Waals surface area contributed by atoms with E-state index in [9.17, 15) is 0 Å². The summed E-state index contributed by atoms with van der Waals surface area (Å²) in [7, 11) is 0. The first-order chi connectivity index (χ1) is 28.7. The molecule has 0 N–H and O–H groups in total. The average molecular weight is 743 g/mol. The van der Waals surface area contributed by atoms with Gasteiger partial charge >= 0.3 is 0 Å². The van der Waals surface area contributed by atoms with Crippen molar-refractivity contribution >= 4 is 66.3 Å². The van der Waals surface area contributed by atoms with Crippen LogP contribution in [0.4, 0.5) is 11.5 Å². The SMILES string of the molecule is CC1C=C(c2ccc3c(c2)c2ccccc2n3-c2ccccc2)C=C2c3ccccc3N(c3ccc(-c4ccc5c(c4)c4ccccc4n5-c4ccccc4)cn3)C21. The van der Waals surface area contributed by atoms with Gasteiger partial charge in [-0.3, -0.25) is 0 Å². The van der Waals surface area contributed by atoms with Crippen LogP contribution in [-0.4, -0.2) is 20.2 Å². The van der Waals surface area contributed by atoms with E-state index in [-0.39, 0.29) is 12.0 Å². The lowest BCUT2D eigenvalue weighted by Crippen LogP contribution is -2.34. The highest BCUT2D eigenvalue weighted by atomic mass is 15.2. The Bertz CT molecular complexity index is 3290. The Hall–Kier alpha value is -7.43. The molecule has 2 atom stereocenters. The highest BCUT2D eigenvalue weighted by molar-refractivity contribution is 6.12. The fourth-order valence-electron chi connectivity index (χ4n) is 9.81. The zero-order valence-corrected chi connectivity index (χ0v) is 32.0. The second-order valence-electron chi connectivity index (χ2n) is 15.7. The van der Waals surface area contributed by atoms with Gasteiger partial charge in [0, 0.05) is 50.2 Å². The lowest BCUT2D eigenvalue weighted by molar-refractivity contribution is 0.635. The van der Waals surface area contributed by atoms with Crippen molar-refractivity contribution in [2.24, 2.45) is 5.92 Å². The number of anilines is 2. The molecule has 0 saturated carbocycles. The fraction of sp³-hybridized carbons (Fsp3) is 0.0556. The van der Waals surface area contributed by atoms with Gasteiger partial charge in [0.05, 0.1) is 33.8 Å². The van der Waals surface area contributed by atoms with Crippen LogP contribution in [0.1, 0.15) is 18.1 Å². The zero-order chi connectivity index (χ0) is 38.3. The highest BCUT2D eigenvalue weighted by Gasteiger charge is 2.40. The Morgan fingerprint density at radius 2 is 1.00 bits per heavy atom. The van der Waals surface area contributed by atoms with Crippen molar-refractivity contribution in [3.63, 3.8) is 0 Å². The Balaban J connectivity index is 0.906. The normalized spacial score (nSPS) is 16.2. The van der Waals surface area contributed by atoms with Crippen molar-refractivity contribution in [1.29, 1.82) is 0 Å². The van der Waals surface area contributed by atoms with Crippen LogP contribution in [0.15, 0.2) is 200 Å². The number of hydrogen-bond donors (Lipinski definition) is 0. The molecule has 0 bridgehead atoms. The predicted molar refractivity (Wildman–Crippen MR) is 242 cm³/mol. The molecule has 58 heavy (non-hydrogen) atoms. The first-order valence-electron chi connectivity index (χ1n) is 20.2. The molecule has 4 nitrogen and oxygen atoms in total. The third-order valence-corrected chi connectivity index (χ3v) is 12.4. The molecule has 12 rings (SSSR count). The van der Waals surface area contributed by atoms with Crippen LogP contribution in [0.2, 0.25) is 0 Å². The minimum atomic E-state index is 0.142. The Morgan fingerprint density at radius 3 is 1.64 bits per heavy atom. The maximum Gasteiger partial charge on any atom is 0.133 e. The molecule has 4 heteroatoms. The summed E-state index contributed by atoms with van der Waals surface area (Å²) in [6.45, 7) is 2.35. The van der Waals surface area contributed by atoms with Gasteiger partial charge < -0.3 is 14.0 Å². The van der Waals surface area contributed by atoms with Crippen molar-refractivity contribution in [3.8, 4) is 22.5 Å². The van der Waals surface area contributed by atoms with Gasteiger partial charge in [0.15, 0.2) is 0 Å². The number of rotatable bonds is 5. The summed E-state index contributed by atoms with van der Waals surface area (Å²) in [5.74, 6) is 1.21. The van der Waals surface area contributed by atoms with Crippen LogP contribution in [-0.2, 0) is 0 Å². The van der Waals surface area contributed by atoms with Gasteiger partial charge in [-0.25, -0.2) is 4.98 Å². The molecule has 10 aromatic rings. The minimum absolute atomic E-state index is 0.142. The number of aromatic nitrogens is 3. The van der Waals surface area contributed by atoms with Crippen LogP contribution in [0.25, 0.3) is 77.3 Å². The van der Waals surface area contributed by atoms with Crippen LogP contribution in [0.3, 0.4) is 0 Å². The van der Waals surface area contributed by atoms with Crippen LogP contribution in [0, 0.1) is 5.92 Å². The van der Waals surface area contributed by atoms with E-state index in [1.807, 2.05) is 6.20 Å². The number of allylic oxidation sites excluding steroid dienone is 2. The number of nitrogens with zero attached hydrogens (tertiary/aromatic N) is 4. The van der Waals surface area contributed by atoms with Gasteiger partial charge in [-0.2, -0.15) is 0 Å². The Kier molecular flexibility index (Phi) is 7.24. The summed E-state index contributed by atoms with van der Waals surface area (Å²) in [6, 6.07) is 66.0. The predicted octanol–water partition coefficient (Wildman–Crippen LogP) is 13.6. The van der Waals surface area contributed by atoms with Gasteiger partial charge in [0.2, 0.25) is 0 Å². The van der Waals surface area contributed by atoms with E-state index in [0.29, 0.717) is 0 Å². The molecule has 3 aromatic heterocycles. The fourth-order valence-corrected chi connectivity index (χ4v) is 9.81. The van der Waals surface area contributed by atoms with E-state index in [2.05, 4.69) is 215 Å². The number of fused-ring (bicyclic) bond motifs is 9. The second kappa shape index (κ2) is 12.8. The summed E-state index contributed by atoms with van der Waals surface area (Å²) in [6.07, 6.45) is 6.93. The van der Waals surface area contributed by atoms with E-state index < -0.39 is 0 Å². The van der Waals surface area contributed by atoms with Crippen molar-refractivity contribution in [2.45, 2.75) is 13.0 Å². The van der Waals surface area contributed by atoms with E-state index in [1.54, 1.807) is 0 Å². The first-order valence-corrected chi connectivity index (χ1v) is 20.2. The number of para-hydroxylation sites is 5. The Labute approximate surface area is 336 Å². The van der Waals surface area contributed by atoms with E-state index in [1.165, 1.54) is 82.9 Å². The van der Waals surface area contributed by atoms with Gasteiger partial charge in [-0.15, -0.1) is 0 Å². The average Bonchev–Trinajstić information content (AvgIpc) is 3.93. The molecular weight excluding hydrogens is 705 g/mol. The molecule has 2 aliphatic rings. The zero-order valence-electron chi connectivity index (χ0n) is 32.0.